The first-order valence-electron chi connectivity index (χ1n) is 11.2. The molecule has 0 spiro atoms. The predicted octanol–water partition coefficient (Wildman–Crippen LogP) is 1.28. The number of ether oxygens (including phenoxy) is 1. The molecule has 0 amide bonds. The van der Waals surface area contributed by atoms with E-state index >= 15 is 0 Å². The second kappa shape index (κ2) is 6.73. The standard InChI is InChI=1S/C24H34O7/c1-6-7-17(26)31-24-18(21(24,4)5)15-9-14(11-25)10-22(29)16(8-12(2)19(22)27)23(15,30)13(3)20(24)28/h8-9,13,15-16,18,20,25,28-30H,6-7,10-11H2,1-5H3/t13-,15+,16-,18-,20-,22-,23-,24-/m0/s1. The molecule has 31 heavy (non-hydrogen) atoms. The minimum Gasteiger partial charge on any atom is -0.455 e. The maximum Gasteiger partial charge on any atom is 0.306 e. The highest BCUT2D eigenvalue weighted by molar-refractivity contribution is 6.04. The molecule has 7 nitrogen and oxygen atoms in total. The lowest BCUT2D eigenvalue weighted by Gasteiger charge is -2.52. The van der Waals surface area contributed by atoms with E-state index in [0.29, 0.717) is 17.6 Å². The number of ketones is 1. The number of hydrogen-bond acceptors (Lipinski definition) is 7. The number of aliphatic hydroxyl groups is 4. The first-order chi connectivity index (χ1) is 14.3. The van der Waals surface area contributed by atoms with Crippen molar-refractivity contribution in [3.05, 3.63) is 23.3 Å². The number of carbonyl (C=O) groups excluding carboxylic acids is 2. The van der Waals surface area contributed by atoms with Gasteiger partial charge in [0.2, 0.25) is 0 Å². The molecule has 4 aliphatic rings. The number of carbonyl (C=O) groups is 2. The molecule has 0 aromatic rings. The SMILES string of the molecule is CCCC(=O)O[C@]12[C@@H](O)[C@H](C)[C@]3(O)[C@H](C=C(CO)C[C@@]4(O)C(=O)C(C)=C[C@H]34)[C@H]1C2(C)C. The van der Waals surface area contributed by atoms with E-state index in [2.05, 4.69) is 0 Å². The molecule has 4 aliphatic carbocycles. The molecule has 8 atom stereocenters. The van der Waals surface area contributed by atoms with Crippen molar-refractivity contribution in [2.75, 3.05) is 6.61 Å². The van der Waals surface area contributed by atoms with Gasteiger partial charge in [0.05, 0.1) is 18.3 Å². The fourth-order valence-electron chi connectivity index (χ4n) is 7.11. The van der Waals surface area contributed by atoms with Crippen LogP contribution < -0.4 is 0 Å². The molecule has 0 heterocycles. The lowest BCUT2D eigenvalue weighted by molar-refractivity contribution is -0.219. The molecule has 0 bridgehead atoms. The van der Waals surface area contributed by atoms with Gasteiger partial charge in [-0.1, -0.05) is 39.8 Å². The van der Waals surface area contributed by atoms with Crippen LogP contribution in [-0.4, -0.2) is 61.7 Å². The van der Waals surface area contributed by atoms with E-state index in [1.165, 1.54) is 0 Å². The highest BCUT2D eigenvalue weighted by Gasteiger charge is 2.86. The highest BCUT2D eigenvalue weighted by atomic mass is 16.6. The zero-order valence-corrected chi connectivity index (χ0v) is 18.9. The fourth-order valence-corrected chi connectivity index (χ4v) is 7.11. The Hall–Kier alpha value is -1.54. The molecule has 4 rings (SSSR count). The Balaban J connectivity index is 1.88. The molecular formula is C24H34O7. The van der Waals surface area contributed by atoms with Crippen LogP contribution in [-0.2, 0) is 14.3 Å². The number of hydrogen-bond donors (Lipinski definition) is 4. The summed E-state index contributed by atoms with van der Waals surface area (Å²) in [5.74, 6) is -3.64. The van der Waals surface area contributed by atoms with Crippen molar-refractivity contribution in [3.63, 3.8) is 0 Å². The molecule has 0 aliphatic heterocycles. The van der Waals surface area contributed by atoms with E-state index in [4.69, 9.17) is 4.74 Å². The van der Waals surface area contributed by atoms with Gasteiger partial charge in [0.25, 0.3) is 0 Å². The summed E-state index contributed by atoms with van der Waals surface area (Å²) < 4.78 is 5.94. The van der Waals surface area contributed by atoms with Crippen LogP contribution >= 0.6 is 0 Å². The average Bonchev–Trinajstić information content (AvgIpc) is 3.13. The monoisotopic (exact) mass is 434 g/mol. The molecule has 172 valence electrons. The van der Waals surface area contributed by atoms with E-state index in [0.717, 1.165) is 0 Å². The Labute approximate surface area is 182 Å². The van der Waals surface area contributed by atoms with E-state index in [1.807, 2.05) is 20.8 Å². The lowest BCUT2D eigenvalue weighted by atomic mass is 9.59. The maximum atomic E-state index is 12.9. The second-order valence-electron chi connectivity index (χ2n) is 10.6. The van der Waals surface area contributed by atoms with Crippen molar-refractivity contribution in [2.45, 2.75) is 76.8 Å². The van der Waals surface area contributed by atoms with Gasteiger partial charge in [0.15, 0.2) is 5.78 Å². The van der Waals surface area contributed by atoms with Crippen molar-refractivity contribution in [3.8, 4) is 0 Å². The molecule has 2 saturated carbocycles. The quantitative estimate of drug-likeness (QED) is 0.388. The number of fused-ring (bicyclic) bond motifs is 5. The number of aliphatic hydroxyl groups excluding tert-OH is 2. The molecule has 0 aromatic heterocycles. The van der Waals surface area contributed by atoms with Crippen LogP contribution in [0.2, 0.25) is 0 Å². The van der Waals surface area contributed by atoms with Gasteiger partial charge in [0.1, 0.15) is 11.2 Å². The van der Waals surface area contributed by atoms with Gasteiger partial charge in [-0.05, 0) is 24.5 Å². The summed E-state index contributed by atoms with van der Waals surface area (Å²) in [6, 6.07) is 0. The Bertz CT molecular complexity index is 888. The largest absolute Gasteiger partial charge is 0.455 e. The fraction of sp³-hybridized carbons (Fsp3) is 0.750. The molecular weight excluding hydrogens is 400 g/mol. The minimum atomic E-state index is -1.88. The van der Waals surface area contributed by atoms with Crippen molar-refractivity contribution >= 4 is 11.8 Å². The van der Waals surface area contributed by atoms with Crippen LogP contribution in [0.1, 0.15) is 53.9 Å². The predicted molar refractivity (Wildman–Crippen MR) is 112 cm³/mol. The van der Waals surface area contributed by atoms with Crippen LogP contribution in [0.3, 0.4) is 0 Å². The molecule has 0 aromatic carbocycles. The van der Waals surface area contributed by atoms with E-state index in [1.54, 1.807) is 26.0 Å². The van der Waals surface area contributed by atoms with E-state index < -0.39 is 63.7 Å². The van der Waals surface area contributed by atoms with Crippen molar-refractivity contribution < 1.29 is 34.8 Å². The van der Waals surface area contributed by atoms with Gasteiger partial charge < -0.3 is 25.2 Å². The molecule has 0 saturated heterocycles. The first-order valence-corrected chi connectivity index (χ1v) is 11.2. The van der Waals surface area contributed by atoms with Gasteiger partial charge in [0, 0.05) is 41.9 Å². The third-order valence-electron chi connectivity index (χ3n) is 8.73. The summed E-state index contributed by atoms with van der Waals surface area (Å²) in [4.78, 5) is 25.4. The first kappa shape index (κ1) is 22.6. The summed E-state index contributed by atoms with van der Waals surface area (Å²) in [5, 5.41) is 45.1. The molecule has 0 radical (unpaired) electrons. The Kier molecular flexibility index (Phi) is 4.92. The molecule has 4 N–H and O–H groups in total. The highest BCUT2D eigenvalue weighted by Crippen LogP contribution is 2.76. The zero-order valence-electron chi connectivity index (χ0n) is 18.9. The van der Waals surface area contributed by atoms with Crippen molar-refractivity contribution in [1.82, 2.24) is 0 Å². The second-order valence-corrected chi connectivity index (χ2v) is 10.6. The maximum absolute atomic E-state index is 12.9. The lowest BCUT2D eigenvalue weighted by Crippen LogP contribution is -2.65. The average molecular weight is 435 g/mol. The van der Waals surface area contributed by atoms with Crippen LogP contribution in [0.4, 0.5) is 0 Å². The summed E-state index contributed by atoms with van der Waals surface area (Å²) in [5.41, 5.74) is -4.52. The normalized spacial score (nSPS) is 47.4. The third kappa shape index (κ3) is 2.55. The zero-order chi connectivity index (χ0) is 23.1. The molecule has 0 unspecified atom stereocenters. The Morgan fingerprint density at radius 1 is 1.26 bits per heavy atom. The van der Waals surface area contributed by atoms with Crippen LogP contribution in [0.5, 0.6) is 0 Å². The Morgan fingerprint density at radius 2 is 1.90 bits per heavy atom. The van der Waals surface area contributed by atoms with Crippen molar-refractivity contribution in [2.24, 2.45) is 29.1 Å². The van der Waals surface area contributed by atoms with Gasteiger partial charge in [-0.2, -0.15) is 0 Å². The summed E-state index contributed by atoms with van der Waals surface area (Å²) in [6.45, 7) is 8.62. The van der Waals surface area contributed by atoms with Crippen LogP contribution in [0.25, 0.3) is 0 Å². The number of Topliss-reactive ketones (excluding diaryl/α,β-unsaturated/α-hetero) is 1. The topological polar surface area (TPSA) is 124 Å². The van der Waals surface area contributed by atoms with E-state index in [9.17, 15) is 30.0 Å². The van der Waals surface area contributed by atoms with E-state index in [-0.39, 0.29) is 19.4 Å². The minimum absolute atomic E-state index is 0.0851. The van der Waals surface area contributed by atoms with Gasteiger partial charge >= 0.3 is 5.97 Å². The van der Waals surface area contributed by atoms with Crippen LogP contribution in [0.15, 0.2) is 23.3 Å². The molecule has 2 fully saturated rings. The van der Waals surface area contributed by atoms with Crippen molar-refractivity contribution in [1.29, 1.82) is 0 Å². The van der Waals surface area contributed by atoms with Gasteiger partial charge in [-0.15, -0.1) is 0 Å². The number of esters is 1. The van der Waals surface area contributed by atoms with Gasteiger partial charge in [-0.25, -0.2) is 0 Å². The summed E-state index contributed by atoms with van der Waals surface area (Å²) >= 11 is 0. The molecule has 7 heteroatoms. The van der Waals surface area contributed by atoms with Gasteiger partial charge in [-0.3, -0.25) is 9.59 Å². The number of rotatable bonds is 4. The van der Waals surface area contributed by atoms with Crippen LogP contribution in [0, 0.1) is 29.1 Å². The summed E-state index contributed by atoms with van der Waals surface area (Å²) in [6.07, 6.45) is 2.95. The third-order valence-corrected chi connectivity index (χ3v) is 8.73. The Morgan fingerprint density at radius 3 is 2.48 bits per heavy atom. The smallest absolute Gasteiger partial charge is 0.306 e. The summed E-state index contributed by atoms with van der Waals surface area (Å²) in [7, 11) is 0.